The lowest BCUT2D eigenvalue weighted by Gasteiger charge is -2.07. The summed E-state index contributed by atoms with van der Waals surface area (Å²) in [6.07, 6.45) is 4.47. The van der Waals surface area contributed by atoms with Crippen LogP contribution in [0.3, 0.4) is 0 Å². The number of alkyl halides is 3. The van der Waals surface area contributed by atoms with E-state index in [9.17, 15) is 13.2 Å². The molecule has 31 heavy (non-hydrogen) atoms. The van der Waals surface area contributed by atoms with Crippen LogP contribution in [0.4, 0.5) is 13.2 Å². The van der Waals surface area contributed by atoms with Crippen molar-refractivity contribution in [3.63, 3.8) is 0 Å². The second kappa shape index (κ2) is 10.0. The zero-order chi connectivity index (χ0) is 22.3. The Hall–Kier alpha value is -3.46. The van der Waals surface area contributed by atoms with Crippen LogP contribution >= 0.6 is 0 Å². The number of nitrogens with one attached hydrogen (secondary N) is 2. The van der Waals surface area contributed by atoms with Crippen LogP contribution in [0, 0.1) is 0 Å². The number of H-pyrrole nitrogens is 1. The van der Waals surface area contributed by atoms with Crippen molar-refractivity contribution in [2.24, 2.45) is 10.1 Å². The molecule has 3 N–H and O–H groups in total. The number of aliphatic hydroxyl groups excluding tert-OH is 1. The molecule has 0 unspecified atom stereocenters. The van der Waals surface area contributed by atoms with Crippen molar-refractivity contribution >= 4 is 22.6 Å². The first-order valence-electron chi connectivity index (χ1n) is 9.53. The van der Waals surface area contributed by atoms with Crippen molar-refractivity contribution in [1.82, 2.24) is 15.4 Å². The Morgan fingerprint density at radius 2 is 1.90 bits per heavy atom. The number of benzene rings is 1. The number of hydrogen-bond donors (Lipinski definition) is 3. The maximum atomic E-state index is 12.6. The number of nitrogens with zero attached hydrogens (tertiary/aromatic N) is 3. The maximum absolute atomic E-state index is 12.6. The van der Waals surface area contributed by atoms with E-state index in [1.54, 1.807) is 6.20 Å². The molecule has 0 aliphatic carbocycles. The Morgan fingerprint density at radius 1 is 1.13 bits per heavy atom. The fourth-order valence-corrected chi connectivity index (χ4v) is 3.06. The zero-order valence-corrected chi connectivity index (χ0v) is 16.8. The first kappa shape index (κ1) is 22.2. The van der Waals surface area contributed by atoms with Gasteiger partial charge in [0, 0.05) is 37.7 Å². The lowest BCUT2D eigenvalue weighted by Crippen LogP contribution is -2.17. The highest BCUT2D eigenvalue weighted by Crippen LogP contribution is 2.29. The van der Waals surface area contributed by atoms with Gasteiger partial charge in [-0.2, -0.15) is 18.3 Å². The molecule has 0 saturated carbocycles. The Kier molecular flexibility index (Phi) is 7.19. The van der Waals surface area contributed by atoms with E-state index in [1.807, 2.05) is 30.5 Å². The van der Waals surface area contributed by atoms with Gasteiger partial charge in [0.05, 0.1) is 17.8 Å². The molecule has 1 aliphatic rings. The number of hydrogen-bond acceptors (Lipinski definition) is 4. The number of amidine groups is 1. The third-order valence-electron chi connectivity index (χ3n) is 4.59. The van der Waals surface area contributed by atoms with Crippen LogP contribution in [0.15, 0.2) is 71.0 Å². The largest absolute Gasteiger partial charge is 0.416 e. The first-order chi connectivity index (χ1) is 15.0. The SMILES string of the molecule is CO.FC(F)(F)c1ccc(CN=C2CC=CC(Cc3c[nH]c4ncccc34)=NN2)cc1. The number of halogens is 3. The highest BCUT2D eigenvalue weighted by atomic mass is 19.4. The molecule has 3 aromatic rings. The van der Waals surface area contributed by atoms with Gasteiger partial charge < -0.3 is 10.1 Å². The monoisotopic (exact) mass is 429 g/mol. The third-order valence-corrected chi connectivity index (χ3v) is 4.59. The van der Waals surface area contributed by atoms with E-state index < -0.39 is 11.7 Å². The fraction of sp³-hybridized carbons (Fsp3) is 0.227. The van der Waals surface area contributed by atoms with Crippen molar-refractivity contribution in [1.29, 1.82) is 0 Å². The van der Waals surface area contributed by atoms with Gasteiger partial charge >= 0.3 is 6.18 Å². The molecule has 3 heterocycles. The molecule has 0 amide bonds. The van der Waals surface area contributed by atoms with Crippen LogP contribution in [0.25, 0.3) is 11.0 Å². The predicted octanol–water partition coefficient (Wildman–Crippen LogP) is 4.24. The minimum Gasteiger partial charge on any atom is -0.400 e. The lowest BCUT2D eigenvalue weighted by molar-refractivity contribution is -0.137. The molecular formula is C22H22F3N5O. The number of rotatable bonds is 4. The highest BCUT2D eigenvalue weighted by Gasteiger charge is 2.29. The number of allylic oxidation sites excluding steroid dienone is 1. The number of hydrazone groups is 1. The summed E-state index contributed by atoms with van der Waals surface area (Å²) in [6, 6.07) is 8.94. The van der Waals surface area contributed by atoms with Gasteiger partial charge in [-0.1, -0.05) is 18.2 Å². The Bertz CT molecular complexity index is 1100. The lowest BCUT2D eigenvalue weighted by atomic mass is 10.1. The first-order valence-corrected chi connectivity index (χ1v) is 9.53. The molecule has 0 atom stereocenters. The van der Waals surface area contributed by atoms with E-state index in [2.05, 4.69) is 25.5 Å². The normalized spacial score (nSPS) is 15.1. The molecule has 0 fully saturated rings. The van der Waals surface area contributed by atoms with Crippen molar-refractivity contribution in [3.05, 3.63) is 77.6 Å². The van der Waals surface area contributed by atoms with E-state index in [-0.39, 0.29) is 6.54 Å². The zero-order valence-electron chi connectivity index (χ0n) is 16.8. The molecule has 0 saturated heterocycles. The molecular weight excluding hydrogens is 407 g/mol. The second-order valence-electron chi connectivity index (χ2n) is 6.67. The van der Waals surface area contributed by atoms with E-state index in [4.69, 9.17) is 5.11 Å². The van der Waals surface area contributed by atoms with E-state index in [0.29, 0.717) is 24.2 Å². The van der Waals surface area contributed by atoms with Crippen molar-refractivity contribution < 1.29 is 18.3 Å². The van der Waals surface area contributed by atoms with Crippen LogP contribution in [0.1, 0.15) is 23.1 Å². The summed E-state index contributed by atoms with van der Waals surface area (Å²) in [4.78, 5) is 11.9. The average Bonchev–Trinajstić information content (AvgIpc) is 3.04. The summed E-state index contributed by atoms with van der Waals surface area (Å²) in [5.41, 5.74) is 5.81. The van der Waals surface area contributed by atoms with Gasteiger partial charge in [0.2, 0.25) is 0 Å². The molecule has 1 aliphatic heterocycles. The summed E-state index contributed by atoms with van der Waals surface area (Å²) < 4.78 is 37.9. The van der Waals surface area contributed by atoms with Gasteiger partial charge in [-0.25, -0.2) is 4.98 Å². The van der Waals surface area contributed by atoms with Gasteiger partial charge in [0.1, 0.15) is 11.5 Å². The van der Waals surface area contributed by atoms with E-state index in [1.165, 1.54) is 12.1 Å². The van der Waals surface area contributed by atoms with Crippen molar-refractivity contribution in [3.8, 4) is 0 Å². The molecule has 1 aromatic carbocycles. The predicted molar refractivity (Wildman–Crippen MR) is 115 cm³/mol. The number of pyridine rings is 1. The molecule has 0 radical (unpaired) electrons. The standard InChI is InChI=1S/C21H18F3N5.CH4O/c22-21(23,24)16-8-6-14(7-9-16)12-26-19-5-1-3-17(28-29-19)11-15-13-27-20-18(15)4-2-10-25-20;1-2/h1-4,6-10,13H,5,11-12H2,(H,25,27)(H,26,29);2H,1H3. The number of aliphatic imine (C=N–C) groups is 1. The fourth-order valence-electron chi connectivity index (χ4n) is 3.06. The quantitative estimate of drug-likeness (QED) is 0.580. The van der Waals surface area contributed by atoms with Crippen LogP contribution in [0.5, 0.6) is 0 Å². The maximum Gasteiger partial charge on any atom is 0.416 e. The van der Waals surface area contributed by atoms with Crippen molar-refractivity contribution in [2.45, 2.75) is 25.6 Å². The minimum absolute atomic E-state index is 0.285. The Labute approximate surface area is 177 Å². The number of aromatic amines is 1. The van der Waals surface area contributed by atoms with Gasteiger partial charge in [0.15, 0.2) is 0 Å². The summed E-state index contributed by atoms with van der Waals surface area (Å²) >= 11 is 0. The van der Waals surface area contributed by atoms with Gasteiger partial charge in [0.25, 0.3) is 0 Å². The molecule has 0 spiro atoms. The number of fused-ring (bicyclic) bond motifs is 1. The summed E-state index contributed by atoms with van der Waals surface area (Å²) in [7, 11) is 1.00. The summed E-state index contributed by atoms with van der Waals surface area (Å²) in [5.74, 6) is 0.664. The molecule has 6 nitrogen and oxygen atoms in total. The van der Waals surface area contributed by atoms with Crippen molar-refractivity contribution in [2.75, 3.05) is 7.11 Å². The van der Waals surface area contributed by atoms with Gasteiger partial charge in [-0.15, -0.1) is 0 Å². The second-order valence-corrected chi connectivity index (χ2v) is 6.67. The molecule has 162 valence electrons. The number of aliphatic hydroxyl groups is 1. The summed E-state index contributed by atoms with van der Waals surface area (Å²) in [5, 5.41) is 12.5. The Balaban J connectivity index is 0.00000132. The van der Waals surface area contributed by atoms with E-state index in [0.717, 1.165) is 41.6 Å². The average molecular weight is 429 g/mol. The van der Waals surface area contributed by atoms with Crippen LogP contribution < -0.4 is 5.43 Å². The van der Waals surface area contributed by atoms with Gasteiger partial charge in [-0.3, -0.25) is 10.4 Å². The topological polar surface area (TPSA) is 85.7 Å². The van der Waals surface area contributed by atoms with Crippen LogP contribution in [-0.2, 0) is 19.1 Å². The molecule has 9 heteroatoms. The smallest absolute Gasteiger partial charge is 0.400 e. The van der Waals surface area contributed by atoms with Crippen LogP contribution in [-0.4, -0.2) is 33.7 Å². The highest BCUT2D eigenvalue weighted by molar-refractivity contribution is 6.01. The molecule has 4 rings (SSSR count). The third kappa shape index (κ3) is 5.79. The van der Waals surface area contributed by atoms with E-state index >= 15 is 0 Å². The number of aromatic nitrogens is 2. The molecule has 2 aromatic heterocycles. The minimum atomic E-state index is -4.33. The molecule has 0 bridgehead atoms. The van der Waals surface area contributed by atoms with Crippen LogP contribution in [0.2, 0.25) is 0 Å². The summed E-state index contributed by atoms with van der Waals surface area (Å²) in [6.45, 7) is 0.285. The van der Waals surface area contributed by atoms with Gasteiger partial charge in [-0.05, 0) is 41.5 Å². The Morgan fingerprint density at radius 3 is 2.65 bits per heavy atom.